The largest absolute Gasteiger partial charge is 0.402 e. The van der Waals surface area contributed by atoms with E-state index in [1.807, 2.05) is 14.1 Å². The molecule has 1 aliphatic rings. The van der Waals surface area contributed by atoms with E-state index in [1.54, 1.807) is 0 Å². The van der Waals surface area contributed by atoms with Crippen molar-refractivity contribution in [2.75, 3.05) is 27.2 Å². The van der Waals surface area contributed by atoms with Crippen LogP contribution in [0.1, 0.15) is 40.5 Å². The summed E-state index contributed by atoms with van der Waals surface area (Å²) in [5, 5.41) is 0. The van der Waals surface area contributed by atoms with Gasteiger partial charge in [0.2, 0.25) is 0 Å². The van der Waals surface area contributed by atoms with Crippen LogP contribution in [0, 0.1) is 29.6 Å². The molecule has 1 unspecified atom stereocenters. The molecule has 0 aliphatic carbocycles. The Morgan fingerprint density at radius 1 is 1.30 bits per heavy atom. The summed E-state index contributed by atoms with van der Waals surface area (Å²) in [7, 11) is 4.10. The van der Waals surface area contributed by atoms with Crippen molar-refractivity contribution >= 4 is 0 Å². The molecule has 1 saturated heterocycles. The number of hydrogen-bond acceptors (Lipinski definition) is 3. The maximum Gasteiger partial charge on any atom is 0.0807 e. The molecule has 3 nitrogen and oxygen atoms in total. The monoisotopic (exact) mass is 317 g/mol. The summed E-state index contributed by atoms with van der Waals surface area (Å²) in [6, 6.07) is 0. The average molecular weight is 318 g/mol. The molecule has 1 rings (SSSR count). The van der Waals surface area contributed by atoms with Gasteiger partial charge in [0.1, 0.15) is 0 Å². The van der Waals surface area contributed by atoms with E-state index >= 15 is 0 Å². The van der Waals surface area contributed by atoms with Crippen LogP contribution in [0.3, 0.4) is 0 Å². The lowest BCUT2D eigenvalue weighted by molar-refractivity contribution is 0.133. The Morgan fingerprint density at radius 2 is 1.87 bits per heavy atom. The van der Waals surface area contributed by atoms with Crippen LogP contribution in [0.15, 0.2) is 24.6 Å². The van der Waals surface area contributed by atoms with Crippen molar-refractivity contribution < 1.29 is 0 Å². The van der Waals surface area contributed by atoms with Gasteiger partial charge in [-0.3, -0.25) is 4.90 Å². The molecule has 0 aromatic carbocycles. The summed E-state index contributed by atoms with van der Waals surface area (Å²) in [5.41, 5.74) is 7.57. The first kappa shape index (κ1) is 19.6. The molecule has 2 N–H and O–H groups in total. The van der Waals surface area contributed by atoms with E-state index in [0.29, 0.717) is 11.8 Å². The van der Waals surface area contributed by atoms with Crippen molar-refractivity contribution in [1.29, 1.82) is 0 Å². The molecule has 0 amide bonds. The van der Waals surface area contributed by atoms with E-state index in [0.717, 1.165) is 36.8 Å². The molecule has 1 atom stereocenters. The highest BCUT2D eigenvalue weighted by Crippen LogP contribution is 2.29. The molecule has 0 spiro atoms. The fourth-order valence-corrected chi connectivity index (χ4v) is 2.75. The Kier molecular flexibility index (Phi) is 6.77. The number of allylic oxidation sites excluding steroid dienone is 2. The Hall–Kier alpha value is -1.40. The number of nitrogens with two attached hydrogens (primary N) is 1. The lowest BCUT2D eigenvalue weighted by atomic mass is 9.84. The molecule has 1 heterocycles. The van der Waals surface area contributed by atoms with Crippen molar-refractivity contribution in [3.63, 3.8) is 0 Å². The number of likely N-dealkylation sites (tertiary alicyclic amines) is 1. The van der Waals surface area contributed by atoms with Crippen LogP contribution < -0.4 is 5.73 Å². The summed E-state index contributed by atoms with van der Waals surface area (Å²) in [5.74, 6) is 8.28. The predicted molar refractivity (Wildman–Crippen MR) is 101 cm³/mol. The summed E-state index contributed by atoms with van der Waals surface area (Å²) in [6.07, 6.45) is 2.34. The highest BCUT2D eigenvalue weighted by Gasteiger charge is 2.28. The van der Waals surface area contributed by atoms with E-state index in [-0.39, 0.29) is 5.54 Å². The normalized spacial score (nSPS) is 16.8. The molecule has 0 aromatic heterocycles. The topological polar surface area (TPSA) is 32.5 Å². The van der Waals surface area contributed by atoms with E-state index < -0.39 is 0 Å². The molecule has 0 bridgehead atoms. The summed E-state index contributed by atoms with van der Waals surface area (Å²) >= 11 is 0. The molecular weight excluding hydrogens is 282 g/mol. The fourth-order valence-electron chi connectivity index (χ4n) is 2.75. The Labute approximate surface area is 143 Å². The van der Waals surface area contributed by atoms with Crippen LogP contribution in [0.25, 0.3) is 0 Å². The molecule has 3 heteroatoms. The van der Waals surface area contributed by atoms with Gasteiger partial charge in [0, 0.05) is 24.7 Å². The second-order valence-electron chi connectivity index (χ2n) is 7.92. The molecule has 0 saturated carbocycles. The highest BCUT2D eigenvalue weighted by molar-refractivity contribution is 5.30. The van der Waals surface area contributed by atoms with Gasteiger partial charge >= 0.3 is 0 Å². The highest BCUT2D eigenvalue weighted by atomic mass is 15.2. The SMILES string of the molecule is C=C(N)C(CCC1CN(C(=C)C#CC(C)(C)N(C)C)C1)C(C)C. The maximum atomic E-state index is 5.92. The van der Waals surface area contributed by atoms with E-state index in [2.05, 4.69) is 62.5 Å². The van der Waals surface area contributed by atoms with Crippen LogP contribution in [-0.2, 0) is 0 Å². The minimum Gasteiger partial charge on any atom is -0.402 e. The fraction of sp³-hybridized carbons (Fsp3) is 0.700. The first-order valence-corrected chi connectivity index (χ1v) is 8.63. The third kappa shape index (κ3) is 5.62. The first-order chi connectivity index (χ1) is 10.5. The Balaban J connectivity index is 2.41. The van der Waals surface area contributed by atoms with Gasteiger partial charge in [-0.15, -0.1) is 0 Å². The zero-order valence-corrected chi connectivity index (χ0v) is 15.9. The second kappa shape index (κ2) is 7.93. The lowest BCUT2D eigenvalue weighted by Crippen LogP contribution is -2.45. The number of rotatable bonds is 7. The van der Waals surface area contributed by atoms with Gasteiger partial charge in [-0.05, 0) is 58.5 Å². The average Bonchev–Trinajstić information content (AvgIpc) is 2.37. The van der Waals surface area contributed by atoms with E-state index in [1.165, 1.54) is 6.42 Å². The van der Waals surface area contributed by atoms with Crippen LogP contribution >= 0.6 is 0 Å². The second-order valence-corrected chi connectivity index (χ2v) is 7.92. The summed E-state index contributed by atoms with van der Waals surface area (Å²) in [6.45, 7) is 18.9. The quantitative estimate of drug-likeness (QED) is 0.731. The molecule has 1 fully saturated rings. The minimum absolute atomic E-state index is 0.126. The van der Waals surface area contributed by atoms with Gasteiger partial charge in [0.15, 0.2) is 0 Å². The molecule has 130 valence electrons. The third-order valence-corrected chi connectivity index (χ3v) is 5.14. The van der Waals surface area contributed by atoms with Crippen molar-refractivity contribution in [1.82, 2.24) is 9.80 Å². The summed E-state index contributed by atoms with van der Waals surface area (Å²) in [4.78, 5) is 4.41. The van der Waals surface area contributed by atoms with E-state index in [4.69, 9.17) is 5.73 Å². The van der Waals surface area contributed by atoms with Crippen LogP contribution in [0.5, 0.6) is 0 Å². The zero-order chi connectivity index (χ0) is 17.8. The van der Waals surface area contributed by atoms with Crippen molar-refractivity contribution in [3.8, 4) is 11.8 Å². The van der Waals surface area contributed by atoms with Crippen molar-refractivity contribution in [3.05, 3.63) is 24.6 Å². The van der Waals surface area contributed by atoms with Crippen molar-refractivity contribution in [2.24, 2.45) is 23.5 Å². The predicted octanol–water partition coefficient (Wildman–Crippen LogP) is 3.30. The molecule has 0 aromatic rings. The zero-order valence-electron chi connectivity index (χ0n) is 15.9. The molecular formula is C20H35N3. The Morgan fingerprint density at radius 3 is 2.30 bits per heavy atom. The van der Waals surface area contributed by atoms with Gasteiger partial charge in [0.25, 0.3) is 0 Å². The number of hydrogen-bond donors (Lipinski definition) is 1. The standard InChI is InChI=1S/C20H35N3/c1-15(2)19(17(4)21)10-9-18-13-23(14-18)16(3)11-12-20(5,6)22(7)8/h15,18-19H,3-4,9-10,13-14,21H2,1-2,5-8H3. The van der Waals surface area contributed by atoms with Gasteiger partial charge in [-0.25, -0.2) is 0 Å². The molecule has 0 radical (unpaired) electrons. The summed E-state index contributed by atoms with van der Waals surface area (Å²) < 4.78 is 0. The minimum atomic E-state index is -0.126. The van der Waals surface area contributed by atoms with Gasteiger partial charge in [0.05, 0.1) is 11.2 Å². The molecule has 1 aliphatic heterocycles. The molecule has 23 heavy (non-hydrogen) atoms. The number of nitrogens with zero attached hydrogens (tertiary/aromatic N) is 2. The van der Waals surface area contributed by atoms with Crippen LogP contribution in [0.4, 0.5) is 0 Å². The first-order valence-electron chi connectivity index (χ1n) is 8.63. The lowest BCUT2D eigenvalue weighted by Gasteiger charge is -2.41. The smallest absolute Gasteiger partial charge is 0.0807 e. The Bertz CT molecular complexity index is 485. The van der Waals surface area contributed by atoms with Crippen LogP contribution in [-0.4, -0.2) is 42.5 Å². The van der Waals surface area contributed by atoms with E-state index in [9.17, 15) is 0 Å². The maximum absolute atomic E-state index is 5.92. The van der Waals surface area contributed by atoms with Crippen molar-refractivity contribution in [2.45, 2.75) is 46.1 Å². The van der Waals surface area contributed by atoms with Gasteiger partial charge in [-0.1, -0.05) is 32.9 Å². The van der Waals surface area contributed by atoms with Gasteiger partial charge < -0.3 is 10.6 Å². The third-order valence-electron chi connectivity index (χ3n) is 5.14. The van der Waals surface area contributed by atoms with Crippen LogP contribution in [0.2, 0.25) is 0 Å². The van der Waals surface area contributed by atoms with Gasteiger partial charge in [-0.2, -0.15) is 0 Å².